The fourth-order valence-electron chi connectivity index (χ4n) is 4.29. The minimum Gasteiger partial charge on any atom is -0.340 e. The quantitative estimate of drug-likeness (QED) is 0.383. The van der Waals surface area contributed by atoms with Gasteiger partial charge in [0.1, 0.15) is 17.6 Å². The number of fused-ring (bicyclic) bond motifs is 3. The van der Waals surface area contributed by atoms with Crippen LogP contribution in [-0.4, -0.2) is 21.5 Å². The molecule has 0 amide bonds. The predicted molar refractivity (Wildman–Crippen MR) is 125 cm³/mol. The molecule has 0 fully saturated rings. The lowest BCUT2D eigenvalue weighted by atomic mass is 10.0. The smallest absolute Gasteiger partial charge is 0.182 e. The minimum atomic E-state index is -1.04. The van der Waals surface area contributed by atoms with Gasteiger partial charge >= 0.3 is 0 Å². The Hall–Kier alpha value is -4.38. The minimum absolute atomic E-state index is 0.220. The molecule has 0 radical (unpaired) electrons. The molecule has 6 rings (SSSR count). The van der Waals surface area contributed by atoms with Crippen molar-refractivity contribution in [1.29, 1.82) is 0 Å². The predicted octanol–water partition coefficient (Wildman–Crippen LogP) is 5.69. The molecule has 0 bridgehead atoms. The number of para-hydroxylation sites is 2. The molecular formula is C27H17N3O2. The molecule has 1 aromatic heterocycles. The molecular weight excluding hydrogens is 398 g/mol. The van der Waals surface area contributed by atoms with E-state index >= 15 is 0 Å². The molecule has 0 saturated carbocycles. The number of benzene rings is 4. The average Bonchev–Trinajstić information content (AvgIpc) is 3.07. The third-order valence-corrected chi connectivity index (χ3v) is 5.86. The molecule has 152 valence electrons. The van der Waals surface area contributed by atoms with Gasteiger partial charge in [-0.3, -0.25) is 9.59 Å². The van der Waals surface area contributed by atoms with Crippen LogP contribution in [0.3, 0.4) is 0 Å². The molecule has 0 spiro atoms. The van der Waals surface area contributed by atoms with E-state index in [1.165, 1.54) is 0 Å². The van der Waals surface area contributed by atoms with Crippen molar-refractivity contribution in [2.45, 2.75) is 5.92 Å². The van der Waals surface area contributed by atoms with Gasteiger partial charge in [-0.05, 0) is 47.2 Å². The number of rotatable bonds is 3. The molecule has 0 unspecified atom stereocenters. The Morgan fingerprint density at radius 1 is 0.656 bits per heavy atom. The van der Waals surface area contributed by atoms with Gasteiger partial charge in [-0.25, -0.2) is 9.97 Å². The van der Waals surface area contributed by atoms with Crippen LogP contribution >= 0.6 is 0 Å². The summed E-state index contributed by atoms with van der Waals surface area (Å²) >= 11 is 0. The molecule has 1 N–H and O–H groups in total. The molecule has 5 aromatic rings. The highest BCUT2D eigenvalue weighted by Crippen LogP contribution is 2.36. The molecule has 0 saturated heterocycles. The first kappa shape index (κ1) is 18.4. The number of hydrogen-bond donors (Lipinski definition) is 1. The van der Waals surface area contributed by atoms with Gasteiger partial charge in [0.25, 0.3) is 0 Å². The number of carbonyl (C=O) groups excluding carboxylic acids is 2. The van der Waals surface area contributed by atoms with Crippen molar-refractivity contribution in [3.63, 3.8) is 0 Å². The zero-order valence-electron chi connectivity index (χ0n) is 16.9. The summed E-state index contributed by atoms with van der Waals surface area (Å²) in [7, 11) is 0. The molecule has 0 atom stereocenters. The molecule has 5 nitrogen and oxygen atoms in total. The van der Waals surface area contributed by atoms with Gasteiger partial charge in [0.05, 0.1) is 5.52 Å². The second kappa shape index (κ2) is 7.10. The number of nitrogens with one attached hydrogen (secondary N) is 1. The molecule has 32 heavy (non-hydrogen) atoms. The molecule has 4 aromatic carbocycles. The van der Waals surface area contributed by atoms with E-state index in [9.17, 15) is 9.59 Å². The van der Waals surface area contributed by atoms with Gasteiger partial charge in [-0.2, -0.15) is 0 Å². The normalized spacial score (nSPS) is 13.6. The van der Waals surface area contributed by atoms with Gasteiger partial charge in [0, 0.05) is 22.2 Å². The molecule has 1 aliphatic carbocycles. The van der Waals surface area contributed by atoms with E-state index in [1.54, 1.807) is 12.1 Å². The van der Waals surface area contributed by atoms with Gasteiger partial charge in [0.15, 0.2) is 11.6 Å². The third-order valence-electron chi connectivity index (χ3n) is 5.86. The summed E-state index contributed by atoms with van der Waals surface area (Å²) in [4.78, 5) is 36.0. The van der Waals surface area contributed by atoms with Crippen molar-refractivity contribution >= 4 is 44.7 Å². The van der Waals surface area contributed by atoms with Crippen LogP contribution in [0.25, 0.3) is 21.7 Å². The fraction of sp³-hybridized carbons (Fsp3) is 0.0370. The Bertz CT molecular complexity index is 1490. The van der Waals surface area contributed by atoms with E-state index < -0.39 is 5.92 Å². The zero-order chi connectivity index (χ0) is 21.7. The van der Waals surface area contributed by atoms with Crippen molar-refractivity contribution in [3.05, 3.63) is 108 Å². The van der Waals surface area contributed by atoms with E-state index in [0.717, 1.165) is 21.8 Å². The first-order chi connectivity index (χ1) is 15.7. The van der Waals surface area contributed by atoms with Gasteiger partial charge in [0.2, 0.25) is 0 Å². The third kappa shape index (κ3) is 2.87. The van der Waals surface area contributed by atoms with Crippen LogP contribution in [0.1, 0.15) is 32.5 Å². The number of Topliss-reactive ketones (excluding diaryl/α,β-unsaturated/α-hetero) is 2. The fourth-order valence-corrected chi connectivity index (χ4v) is 4.29. The van der Waals surface area contributed by atoms with E-state index in [1.807, 2.05) is 78.9 Å². The SMILES string of the molecule is O=C1c2cc3ccccc3cc2C(=O)C1c1nc(Nc2ccccc2)c2ccccc2n1. The number of hydrogen-bond acceptors (Lipinski definition) is 5. The highest BCUT2D eigenvalue weighted by atomic mass is 16.2. The van der Waals surface area contributed by atoms with Crippen LogP contribution in [-0.2, 0) is 0 Å². The van der Waals surface area contributed by atoms with E-state index in [-0.39, 0.29) is 17.4 Å². The Kier molecular flexibility index (Phi) is 4.08. The zero-order valence-corrected chi connectivity index (χ0v) is 16.9. The van der Waals surface area contributed by atoms with E-state index in [4.69, 9.17) is 0 Å². The van der Waals surface area contributed by atoms with Crippen LogP contribution in [0.2, 0.25) is 0 Å². The van der Waals surface area contributed by atoms with Crippen LogP contribution in [0.15, 0.2) is 91.0 Å². The second-order valence-corrected chi connectivity index (χ2v) is 7.85. The number of anilines is 2. The summed E-state index contributed by atoms with van der Waals surface area (Å²) in [6, 6.07) is 28.6. The maximum atomic E-state index is 13.3. The topological polar surface area (TPSA) is 72.0 Å². The Morgan fingerprint density at radius 3 is 1.94 bits per heavy atom. The summed E-state index contributed by atoms with van der Waals surface area (Å²) in [5.74, 6) is -0.757. The number of ketones is 2. The summed E-state index contributed by atoms with van der Waals surface area (Å²) in [5.41, 5.74) is 2.42. The largest absolute Gasteiger partial charge is 0.340 e. The van der Waals surface area contributed by atoms with Crippen molar-refractivity contribution in [1.82, 2.24) is 9.97 Å². The van der Waals surface area contributed by atoms with Crippen molar-refractivity contribution < 1.29 is 9.59 Å². The van der Waals surface area contributed by atoms with E-state index in [2.05, 4.69) is 15.3 Å². The molecule has 5 heteroatoms. The average molecular weight is 415 g/mol. The van der Waals surface area contributed by atoms with Crippen molar-refractivity contribution in [3.8, 4) is 0 Å². The Labute approximate surface area is 183 Å². The summed E-state index contributed by atoms with van der Waals surface area (Å²) in [6.07, 6.45) is 0. The van der Waals surface area contributed by atoms with Gasteiger partial charge in [-0.1, -0.05) is 54.6 Å². The van der Waals surface area contributed by atoms with Crippen LogP contribution in [0.4, 0.5) is 11.5 Å². The summed E-state index contributed by atoms with van der Waals surface area (Å²) < 4.78 is 0. The Morgan fingerprint density at radius 2 is 1.25 bits per heavy atom. The number of aromatic nitrogens is 2. The lowest BCUT2D eigenvalue weighted by Crippen LogP contribution is -2.17. The first-order valence-electron chi connectivity index (χ1n) is 10.4. The maximum absolute atomic E-state index is 13.3. The highest BCUT2D eigenvalue weighted by Gasteiger charge is 2.42. The lowest BCUT2D eigenvalue weighted by molar-refractivity contribution is 0.0886. The van der Waals surface area contributed by atoms with Crippen LogP contribution < -0.4 is 5.32 Å². The Balaban J connectivity index is 1.49. The second-order valence-electron chi connectivity index (χ2n) is 7.85. The van der Waals surface area contributed by atoms with Gasteiger partial charge in [-0.15, -0.1) is 0 Å². The van der Waals surface area contributed by atoms with Crippen LogP contribution in [0, 0.1) is 0 Å². The van der Waals surface area contributed by atoms with E-state index in [0.29, 0.717) is 22.5 Å². The molecule has 1 heterocycles. The summed E-state index contributed by atoms with van der Waals surface area (Å²) in [6.45, 7) is 0. The lowest BCUT2D eigenvalue weighted by Gasteiger charge is -2.13. The highest BCUT2D eigenvalue weighted by molar-refractivity contribution is 6.30. The molecule has 1 aliphatic rings. The first-order valence-corrected chi connectivity index (χ1v) is 10.4. The number of nitrogens with zero attached hydrogens (tertiary/aromatic N) is 2. The van der Waals surface area contributed by atoms with Gasteiger partial charge < -0.3 is 5.32 Å². The standard InChI is InChI=1S/C27H17N3O2/c31-24-20-14-16-8-4-5-9-17(16)15-21(20)25(32)23(24)27-29-22-13-7-6-12-19(22)26(30-27)28-18-10-2-1-3-11-18/h1-15,23H,(H,28,29,30). The van der Waals surface area contributed by atoms with Crippen LogP contribution in [0.5, 0.6) is 0 Å². The molecule has 0 aliphatic heterocycles. The number of carbonyl (C=O) groups is 2. The van der Waals surface area contributed by atoms with Crippen molar-refractivity contribution in [2.24, 2.45) is 0 Å². The monoisotopic (exact) mass is 415 g/mol. The summed E-state index contributed by atoms with van der Waals surface area (Å²) in [5, 5.41) is 5.99. The maximum Gasteiger partial charge on any atom is 0.182 e. The van der Waals surface area contributed by atoms with Crippen molar-refractivity contribution in [2.75, 3.05) is 5.32 Å².